The fourth-order valence-electron chi connectivity index (χ4n) is 3.56. The van der Waals surface area contributed by atoms with Crippen LogP contribution in [0, 0.1) is 11.8 Å². The number of methoxy groups -OCH3 is 1. The molecule has 0 amide bonds. The summed E-state index contributed by atoms with van der Waals surface area (Å²) in [6.07, 6.45) is 1.08. The first-order chi connectivity index (χ1) is 9.10. The lowest BCUT2D eigenvalue weighted by Crippen LogP contribution is -2.39. The van der Waals surface area contributed by atoms with Gasteiger partial charge in [0.1, 0.15) is 5.75 Å². The van der Waals surface area contributed by atoms with Crippen LogP contribution < -0.4 is 10.5 Å². The third kappa shape index (κ3) is 2.15. The Labute approximate surface area is 115 Å². The number of hydrogen-bond donors (Lipinski definition) is 1. The van der Waals surface area contributed by atoms with Crippen LogP contribution in [-0.2, 0) is 6.42 Å². The highest BCUT2D eigenvalue weighted by Crippen LogP contribution is 2.37. The van der Waals surface area contributed by atoms with Crippen LogP contribution in [-0.4, -0.2) is 31.1 Å². The Morgan fingerprint density at radius 1 is 1.21 bits per heavy atom. The van der Waals surface area contributed by atoms with Crippen LogP contribution in [0.1, 0.15) is 31.0 Å². The maximum absolute atomic E-state index is 6.49. The summed E-state index contributed by atoms with van der Waals surface area (Å²) in [4.78, 5) is 2.59. The fraction of sp³-hybridized carbons (Fsp3) is 0.625. The van der Waals surface area contributed by atoms with Crippen LogP contribution in [0.25, 0.3) is 0 Å². The molecule has 1 fully saturated rings. The molecule has 2 N–H and O–H groups in total. The van der Waals surface area contributed by atoms with Crippen molar-refractivity contribution in [3.8, 4) is 5.75 Å². The molecule has 1 aromatic rings. The lowest BCUT2D eigenvalue weighted by atomic mass is 10.0. The zero-order valence-electron chi connectivity index (χ0n) is 12.1. The molecule has 1 aliphatic heterocycles. The van der Waals surface area contributed by atoms with Gasteiger partial charge in [-0.2, -0.15) is 0 Å². The lowest BCUT2D eigenvalue weighted by molar-refractivity contribution is 0.213. The molecule has 0 saturated carbocycles. The van der Waals surface area contributed by atoms with Crippen LogP contribution in [0.3, 0.4) is 0 Å². The maximum atomic E-state index is 6.49. The lowest BCUT2D eigenvalue weighted by Gasteiger charge is -2.27. The van der Waals surface area contributed by atoms with Crippen molar-refractivity contribution in [2.75, 3.05) is 20.2 Å². The van der Waals surface area contributed by atoms with E-state index in [9.17, 15) is 0 Å². The molecule has 1 saturated heterocycles. The molecule has 4 unspecified atom stereocenters. The number of hydrogen-bond acceptors (Lipinski definition) is 3. The largest absolute Gasteiger partial charge is 0.497 e. The number of nitrogens with two attached hydrogens (primary N) is 1. The molecular formula is C16H24N2O. The average Bonchev–Trinajstić information content (AvgIpc) is 2.91. The number of rotatable bonds is 2. The van der Waals surface area contributed by atoms with Crippen molar-refractivity contribution in [3.05, 3.63) is 29.3 Å². The Morgan fingerprint density at radius 3 is 2.53 bits per heavy atom. The smallest absolute Gasteiger partial charge is 0.119 e. The second kappa shape index (κ2) is 4.80. The highest BCUT2D eigenvalue weighted by atomic mass is 16.5. The number of ether oxygens (including phenoxy) is 1. The number of nitrogens with zero attached hydrogens (tertiary/aromatic N) is 1. The quantitative estimate of drug-likeness (QED) is 0.886. The van der Waals surface area contributed by atoms with Crippen LogP contribution in [0.2, 0.25) is 0 Å². The SMILES string of the molecule is COc1ccc2c(c1)C(N)C(N1CC(C)C(C)C1)C2. The van der Waals surface area contributed by atoms with Gasteiger partial charge in [-0.3, -0.25) is 4.90 Å². The normalized spacial score (nSPS) is 34.5. The van der Waals surface area contributed by atoms with Gasteiger partial charge in [-0.15, -0.1) is 0 Å². The molecule has 1 heterocycles. The van der Waals surface area contributed by atoms with E-state index in [-0.39, 0.29) is 6.04 Å². The van der Waals surface area contributed by atoms with Crippen molar-refractivity contribution < 1.29 is 4.74 Å². The molecule has 0 aromatic heterocycles. The number of benzene rings is 1. The summed E-state index contributed by atoms with van der Waals surface area (Å²) < 4.78 is 5.31. The van der Waals surface area contributed by atoms with Gasteiger partial charge in [0, 0.05) is 25.2 Å². The summed E-state index contributed by atoms with van der Waals surface area (Å²) in [5.41, 5.74) is 9.16. The summed E-state index contributed by atoms with van der Waals surface area (Å²) in [6, 6.07) is 6.93. The predicted molar refractivity (Wildman–Crippen MR) is 77.3 cm³/mol. The van der Waals surface area contributed by atoms with Crippen molar-refractivity contribution in [2.45, 2.75) is 32.4 Å². The zero-order chi connectivity index (χ0) is 13.6. The Bertz CT molecular complexity index is 464. The van der Waals surface area contributed by atoms with Gasteiger partial charge in [0.2, 0.25) is 0 Å². The van der Waals surface area contributed by atoms with E-state index in [4.69, 9.17) is 10.5 Å². The van der Waals surface area contributed by atoms with Gasteiger partial charge in [-0.05, 0) is 41.5 Å². The first kappa shape index (κ1) is 12.9. The van der Waals surface area contributed by atoms with Gasteiger partial charge >= 0.3 is 0 Å². The molecule has 1 aliphatic carbocycles. The van der Waals surface area contributed by atoms with Crippen molar-refractivity contribution in [2.24, 2.45) is 17.6 Å². The van der Waals surface area contributed by atoms with Crippen molar-refractivity contribution >= 4 is 0 Å². The summed E-state index contributed by atoms with van der Waals surface area (Å²) >= 11 is 0. The van der Waals surface area contributed by atoms with E-state index in [0.717, 1.165) is 24.0 Å². The standard InChI is InChI=1S/C16H24N2O/c1-10-8-18(9-11(10)2)15-6-12-4-5-13(19-3)7-14(12)16(15)17/h4-5,7,10-11,15-16H,6,8-9,17H2,1-3H3. The van der Waals surface area contributed by atoms with Gasteiger partial charge in [0.15, 0.2) is 0 Å². The molecule has 0 bridgehead atoms. The van der Waals surface area contributed by atoms with E-state index < -0.39 is 0 Å². The molecule has 3 nitrogen and oxygen atoms in total. The van der Waals surface area contributed by atoms with Crippen molar-refractivity contribution in [3.63, 3.8) is 0 Å². The van der Waals surface area contributed by atoms with Crippen molar-refractivity contribution in [1.29, 1.82) is 0 Å². The van der Waals surface area contributed by atoms with Crippen LogP contribution in [0.5, 0.6) is 5.75 Å². The highest BCUT2D eigenvalue weighted by Gasteiger charge is 2.38. The molecular weight excluding hydrogens is 236 g/mol. The van der Waals surface area contributed by atoms with Gasteiger partial charge in [0.25, 0.3) is 0 Å². The summed E-state index contributed by atoms with van der Waals surface area (Å²) in [5.74, 6) is 2.48. The van der Waals surface area contributed by atoms with E-state index >= 15 is 0 Å². The van der Waals surface area contributed by atoms with Gasteiger partial charge in [-0.25, -0.2) is 0 Å². The molecule has 104 valence electrons. The molecule has 4 atom stereocenters. The predicted octanol–water partition coefficient (Wildman–Crippen LogP) is 2.21. The van der Waals surface area contributed by atoms with Crippen LogP contribution in [0.4, 0.5) is 0 Å². The van der Waals surface area contributed by atoms with E-state index in [1.165, 1.54) is 24.2 Å². The van der Waals surface area contributed by atoms with E-state index in [1.54, 1.807) is 7.11 Å². The molecule has 3 rings (SSSR count). The average molecular weight is 260 g/mol. The molecule has 0 radical (unpaired) electrons. The summed E-state index contributed by atoms with van der Waals surface area (Å²) in [7, 11) is 1.71. The van der Waals surface area contributed by atoms with E-state index in [1.807, 2.05) is 6.07 Å². The highest BCUT2D eigenvalue weighted by molar-refractivity contribution is 5.42. The third-order valence-electron chi connectivity index (χ3n) is 5.04. The Hall–Kier alpha value is -1.06. The van der Waals surface area contributed by atoms with E-state index in [2.05, 4.69) is 30.9 Å². The number of fused-ring (bicyclic) bond motifs is 1. The zero-order valence-corrected chi connectivity index (χ0v) is 12.1. The van der Waals surface area contributed by atoms with Crippen LogP contribution >= 0.6 is 0 Å². The summed E-state index contributed by atoms with van der Waals surface area (Å²) in [5, 5.41) is 0. The second-order valence-corrected chi connectivity index (χ2v) is 6.27. The third-order valence-corrected chi connectivity index (χ3v) is 5.04. The first-order valence-electron chi connectivity index (χ1n) is 7.26. The second-order valence-electron chi connectivity index (χ2n) is 6.27. The Kier molecular flexibility index (Phi) is 3.27. The first-order valence-corrected chi connectivity index (χ1v) is 7.26. The minimum Gasteiger partial charge on any atom is -0.497 e. The Balaban J connectivity index is 1.81. The number of likely N-dealkylation sites (tertiary alicyclic amines) is 1. The van der Waals surface area contributed by atoms with Gasteiger partial charge in [-0.1, -0.05) is 19.9 Å². The molecule has 19 heavy (non-hydrogen) atoms. The van der Waals surface area contributed by atoms with E-state index in [0.29, 0.717) is 6.04 Å². The maximum Gasteiger partial charge on any atom is 0.119 e. The Morgan fingerprint density at radius 2 is 1.89 bits per heavy atom. The monoisotopic (exact) mass is 260 g/mol. The van der Waals surface area contributed by atoms with Gasteiger partial charge < -0.3 is 10.5 Å². The molecule has 2 aliphatic rings. The van der Waals surface area contributed by atoms with Crippen LogP contribution in [0.15, 0.2) is 18.2 Å². The minimum atomic E-state index is 0.127. The molecule has 3 heteroatoms. The summed E-state index contributed by atoms with van der Waals surface area (Å²) in [6.45, 7) is 7.07. The minimum absolute atomic E-state index is 0.127. The van der Waals surface area contributed by atoms with Gasteiger partial charge in [0.05, 0.1) is 7.11 Å². The molecule has 1 aromatic carbocycles. The fourth-order valence-corrected chi connectivity index (χ4v) is 3.56. The topological polar surface area (TPSA) is 38.5 Å². The van der Waals surface area contributed by atoms with Crippen molar-refractivity contribution in [1.82, 2.24) is 4.90 Å². The molecule has 0 spiro atoms.